The highest BCUT2D eigenvalue weighted by atomic mass is 32.2. The molecule has 42 heavy (non-hydrogen) atoms. The first-order chi connectivity index (χ1) is 19.7. The van der Waals surface area contributed by atoms with E-state index in [9.17, 15) is 31.5 Å². The van der Waals surface area contributed by atoms with Crippen LogP contribution in [0.1, 0.15) is 42.2 Å². The summed E-state index contributed by atoms with van der Waals surface area (Å²) in [5, 5.41) is 14.7. The third kappa shape index (κ3) is 4.80. The van der Waals surface area contributed by atoms with Crippen molar-refractivity contribution in [1.29, 1.82) is 0 Å². The highest BCUT2D eigenvalue weighted by Gasteiger charge is 2.52. The molecule has 2 aliphatic heterocycles. The van der Waals surface area contributed by atoms with Crippen LogP contribution in [0.5, 0.6) is 0 Å². The molecule has 0 aliphatic carbocycles. The molecule has 0 radical (unpaired) electrons. The van der Waals surface area contributed by atoms with Crippen LogP contribution in [0.3, 0.4) is 0 Å². The summed E-state index contributed by atoms with van der Waals surface area (Å²) >= 11 is 1.51. The summed E-state index contributed by atoms with van der Waals surface area (Å²) in [5.74, 6) is -2.03. The highest BCUT2D eigenvalue weighted by molar-refractivity contribution is 7.91. The SMILES string of the molecule is Cc1cnc(-c2ccc(-c3cnn4c(N)c(S(C)(=O)=O)c(C5CC6CC[C@H](C5)N6C(=O)C(O)C(F)(F)F)nc34)cn2)s1. The Kier molecular flexibility index (Phi) is 6.77. The number of nitrogens with two attached hydrogens (primary N) is 1. The number of piperidine rings is 1. The van der Waals surface area contributed by atoms with Gasteiger partial charge in [-0.3, -0.25) is 9.78 Å². The number of sulfone groups is 1. The van der Waals surface area contributed by atoms with Gasteiger partial charge in [-0.1, -0.05) is 6.07 Å². The molecule has 3 N–H and O–H groups in total. The Morgan fingerprint density at radius 3 is 2.38 bits per heavy atom. The lowest BCUT2D eigenvalue weighted by atomic mass is 9.87. The van der Waals surface area contributed by atoms with Crippen molar-refractivity contribution in [2.75, 3.05) is 12.0 Å². The molecule has 1 amide bonds. The van der Waals surface area contributed by atoms with E-state index in [4.69, 9.17) is 10.7 Å². The molecule has 3 unspecified atom stereocenters. The van der Waals surface area contributed by atoms with E-state index in [1.54, 1.807) is 12.4 Å². The average Bonchev–Trinajstić information content (AvgIpc) is 3.62. The van der Waals surface area contributed by atoms with E-state index in [-0.39, 0.29) is 29.2 Å². The van der Waals surface area contributed by atoms with Gasteiger partial charge in [0.2, 0.25) is 6.10 Å². The van der Waals surface area contributed by atoms with Crippen molar-refractivity contribution in [1.82, 2.24) is 29.5 Å². The second kappa shape index (κ2) is 9.98. The van der Waals surface area contributed by atoms with Gasteiger partial charge in [0.15, 0.2) is 15.5 Å². The molecule has 2 aliphatic rings. The van der Waals surface area contributed by atoms with E-state index in [1.807, 2.05) is 19.1 Å². The first kappa shape index (κ1) is 28.5. The number of nitrogens with zero attached hydrogens (tertiary/aromatic N) is 6. The molecule has 16 heteroatoms. The molecule has 0 saturated carbocycles. The van der Waals surface area contributed by atoms with Crippen molar-refractivity contribution in [2.24, 2.45) is 0 Å². The number of fused-ring (bicyclic) bond motifs is 3. The second-order valence-electron chi connectivity index (χ2n) is 10.7. The number of carbonyl (C=O) groups excluding carboxylic acids is 1. The van der Waals surface area contributed by atoms with Gasteiger partial charge in [-0.05, 0) is 38.7 Å². The first-order valence-electron chi connectivity index (χ1n) is 13.1. The molecule has 11 nitrogen and oxygen atoms in total. The van der Waals surface area contributed by atoms with Crippen molar-refractivity contribution in [2.45, 2.75) is 67.8 Å². The van der Waals surface area contributed by atoms with E-state index >= 15 is 0 Å². The summed E-state index contributed by atoms with van der Waals surface area (Å²) in [5.41, 5.74) is 8.78. The zero-order chi connectivity index (χ0) is 30.1. The van der Waals surface area contributed by atoms with Crippen LogP contribution in [0.25, 0.3) is 27.5 Å². The number of anilines is 1. The molecular formula is C26H26F3N7O4S2. The van der Waals surface area contributed by atoms with Crippen LogP contribution in [-0.2, 0) is 14.6 Å². The van der Waals surface area contributed by atoms with Crippen LogP contribution < -0.4 is 5.73 Å². The van der Waals surface area contributed by atoms with E-state index in [0.717, 1.165) is 21.0 Å². The quantitative estimate of drug-likeness (QED) is 0.341. The van der Waals surface area contributed by atoms with E-state index in [0.29, 0.717) is 35.3 Å². The number of pyridine rings is 1. The number of halogens is 3. The molecule has 222 valence electrons. The van der Waals surface area contributed by atoms with Gasteiger partial charge >= 0.3 is 6.18 Å². The molecule has 2 saturated heterocycles. The maximum atomic E-state index is 13.1. The fourth-order valence-electron chi connectivity index (χ4n) is 6.07. The van der Waals surface area contributed by atoms with Crippen LogP contribution in [0.4, 0.5) is 19.0 Å². The maximum absolute atomic E-state index is 13.1. The van der Waals surface area contributed by atoms with Gasteiger partial charge in [0.1, 0.15) is 15.7 Å². The Balaban J connectivity index is 1.39. The van der Waals surface area contributed by atoms with E-state index in [1.165, 1.54) is 22.0 Å². The smallest absolute Gasteiger partial charge is 0.382 e. The predicted octanol–water partition coefficient (Wildman–Crippen LogP) is 3.37. The number of nitrogen functional groups attached to an aromatic ring is 1. The fraction of sp³-hybridized carbons (Fsp3) is 0.423. The third-order valence-electron chi connectivity index (χ3n) is 7.87. The van der Waals surface area contributed by atoms with Gasteiger partial charge < -0.3 is 15.7 Å². The van der Waals surface area contributed by atoms with Crippen LogP contribution in [0, 0.1) is 6.92 Å². The molecule has 4 aromatic heterocycles. The summed E-state index contributed by atoms with van der Waals surface area (Å²) in [6, 6.07) is 2.42. The lowest BCUT2D eigenvalue weighted by molar-refractivity contribution is -0.212. The monoisotopic (exact) mass is 621 g/mol. The van der Waals surface area contributed by atoms with Gasteiger partial charge in [-0.15, -0.1) is 11.3 Å². The first-order valence-corrected chi connectivity index (χ1v) is 15.8. The van der Waals surface area contributed by atoms with Crippen molar-refractivity contribution in [3.05, 3.63) is 41.3 Å². The molecule has 2 fully saturated rings. The number of alkyl halides is 3. The summed E-state index contributed by atoms with van der Waals surface area (Å²) in [6.07, 6.45) is -1.06. The number of carbonyl (C=O) groups is 1. The molecule has 6 rings (SSSR count). The predicted molar refractivity (Wildman–Crippen MR) is 147 cm³/mol. The number of aryl methyl sites for hydroxylation is 1. The summed E-state index contributed by atoms with van der Waals surface area (Å²) in [4.78, 5) is 28.2. The lowest BCUT2D eigenvalue weighted by Crippen LogP contribution is -2.53. The van der Waals surface area contributed by atoms with Gasteiger partial charge in [0.05, 0.1) is 17.6 Å². The molecule has 6 heterocycles. The number of aromatic nitrogens is 5. The lowest BCUT2D eigenvalue weighted by Gasteiger charge is -2.40. The van der Waals surface area contributed by atoms with Crippen molar-refractivity contribution < 1.29 is 31.5 Å². The standard InChI is InChI=1S/C26H26F3N7O4S2/c1-12-9-32-24(41-12)18-6-3-13(10-31-18)17-11-33-36-22(30)20(42(2,39)40)19(34-23(17)36)14-7-15-4-5-16(8-14)35(15)25(38)21(37)26(27,28)29/h3,6,9-11,14-16,21,37H,4-5,7-8,30H2,1-2H3/t14?,15-,16?,21?/m1/s1. The van der Waals surface area contributed by atoms with Crippen LogP contribution in [-0.4, -0.2) is 79.5 Å². The molecule has 2 bridgehead atoms. The number of amides is 1. The Bertz CT molecular complexity index is 1790. The molecule has 0 aromatic carbocycles. The number of thiazole rings is 1. The van der Waals surface area contributed by atoms with E-state index in [2.05, 4.69) is 15.1 Å². The Morgan fingerprint density at radius 1 is 1.14 bits per heavy atom. The zero-order valence-corrected chi connectivity index (χ0v) is 24.0. The minimum Gasteiger partial charge on any atom is -0.382 e. The molecule has 4 aromatic rings. The second-order valence-corrected chi connectivity index (χ2v) is 13.9. The summed E-state index contributed by atoms with van der Waals surface area (Å²) < 4.78 is 66.5. The summed E-state index contributed by atoms with van der Waals surface area (Å²) in [6.45, 7) is 1.95. The maximum Gasteiger partial charge on any atom is 0.423 e. The molecular weight excluding hydrogens is 595 g/mol. The Hall–Kier alpha value is -3.63. The third-order valence-corrected chi connectivity index (χ3v) is 9.96. The highest BCUT2D eigenvalue weighted by Crippen LogP contribution is 2.46. The topological polar surface area (TPSA) is 157 Å². The zero-order valence-electron chi connectivity index (χ0n) is 22.4. The summed E-state index contributed by atoms with van der Waals surface area (Å²) in [7, 11) is -3.91. The Labute approximate surface area is 242 Å². The van der Waals surface area contributed by atoms with Gasteiger partial charge in [-0.25, -0.2) is 18.4 Å². The van der Waals surface area contributed by atoms with Crippen molar-refractivity contribution in [3.8, 4) is 21.8 Å². The van der Waals surface area contributed by atoms with Crippen LogP contribution in [0.15, 0.2) is 35.6 Å². The van der Waals surface area contributed by atoms with Gasteiger partial charge in [-0.2, -0.15) is 22.8 Å². The largest absolute Gasteiger partial charge is 0.423 e. The van der Waals surface area contributed by atoms with Crippen LogP contribution in [0.2, 0.25) is 0 Å². The minimum absolute atomic E-state index is 0.134. The van der Waals surface area contributed by atoms with Crippen molar-refractivity contribution in [3.63, 3.8) is 0 Å². The molecule has 4 atom stereocenters. The number of hydrogen-bond donors (Lipinski definition) is 2. The van der Waals surface area contributed by atoms with Crippen molar-refractivity contribution >= 4 is 38.5 Å². The average molecular weight is 622 g/mol. The minimum atomic E-state index is -5.08. The number of hydrogen-bond acceptors (Lipinski definition) is 10. The fourth-order valence-corrected chi connectivity index (χ4v) is 7.87. The van der Waals surface area contributed by atoms with Gasteiger partial charge in [0.25, 0.3) is 5.91 Å². The van der Waals surface area contributed by atoms with Crippen LogP contribution >= 0.6 is 11.3 Å². The normalized spacial score (nSPS) is 21.7. The Morgan fingerprint density at radius 2 is 1.83 bits per heavy atom. The number of aliphatic hydroxyl groups excluding tert-OH is 1. The molecule has 0 spiro atoms. The van der Waals surface area contributed by atoms with Gasteiger partial charge in [0, 0.05) is 52.7 Å². The number of aliphatic hydroxyl groups is 1. The number of rotatable bonds is 5. The van der Waals surface area contributed by atoms with E-state index < -0.39 is 46.0 Å².